The van der Waals surface area contributed by atoms with E-state index in [9.17, 15) is 13.2 Å². The first-order valence-electron chi connectivity index (χ1n) is 9.67. The predicted molar refractivity (Wildman–Crippen MR) is 97.7 cm³/mol. The number of rotatable bonds is 3. The number of nitrogens with zero attached hydrogens (tertiary/aromatic N) is 6. The second kappa shape index (κ2) is 6.32. The molecule has 0 unspecified atom stereocenters. The number of nitrogens with one attached hydrogen (secondary N) is 1. The molecule has 0 aliphatic carbocycles. The minimum atomic E-state index is -4.51. The Bertz CT molecular complexity index is 1260. The zero-order valence-corrected chi connectivity index (χ0v) is 14.8. The third-order valence-corrected chi connectivity index (χ3v) is 4.34. The average molecular weight is 390 g/mol. The molecule has 1 N–H and O–H groups in total. The van der Waals surface area contributed by atoms with Crippen molar-refractivity contribution in [1.29, 1.82) is 0 Å². The zero-order chi connectivity index (χ0) is 22.6. The van der Waals surface area contributed by atoms with Gasteiger partial charge in [0.1, 0.15) is 23.4 Å². The molecule has 0 saturated heterocycles. The van der Waals surface area contributed by atoms with Gasteiger partial charge >= 0.3 is 6.18 Å². The SMILES string of the molecule is [2H]C([2H])([2H])n1ncc(-c2nc(C)n3ncnc(NC)c23)c1-c1ccc(C(F)(F)F)cc1. The summed E-state index contributed by atoms with van der Waals surface area (Å²) in [6.07, 6.45) is -1.84. The Balaban J connectivity index is 2.00. The van der Waals surface area contributed by atoms with Crippen LogP contribution >= 0.6 is 0 Å². The molecule has 1 aromatic carbocycles. The summed E-state index contributed by atoms with van der Waals surface area (Å²) in [5.74, 6) is 0.967. The molecule has 144 valence electrons. The fourth-order valence-corrected chi connectivity index (χ4v) is 3.06. The molecule has 4 aromatic rings. The maximum absolute atomic E-state index is 13.0. The molecule has 0 bridgehead atoms. The molecule has 0 fully saturated rings. The summed E-state index contributed by atoms with van der Waals surface area (Å²) in [5.41, 5.74) is 0.686. The van der Waals surface area contributed by atoms with E-state index in [-0.39, 0.29) is 11.3 Å². The van der Waals surface area contributed by atoms with Crippen LogP contribution in [0.25, 0.3) is 28.0 Å². The second-order valence-corrected chi connectivity index (χ2v) is 6.02. The minimum Gasteiger partial charge on any atom is -0.371 e. The number of fused-ring (bicyclic) bond motifs is 1. The Labute approximate surface area is 162 Å². The van der Waals surface area contributed by atoms with E-state index in [2.05, 4.69) is 25.5 Å². The van der Waals surface area contributed by atoms with Crippen LogP contribution in [0.2, 0.25) is 0 Å². The standard InChI is InChI=1S/C18H16F3N7/c1-10-26-14(16-17(22-2)23-9-25-28(10)16)13-8-24-27(3)15(13)11-4-6-12(7-5-11)18(19,20)21/h4-9H,1-3H3,(H,22,23,25)/i3D3. The fourth-order valence-electron chi connectivity index (χ4n) is 3.06. The van der Waals surface area contributed by atoms with E-state index in [1.807, 2.05) is 0 Å². The molecule has 3 aromatic heterocycles. The van der Waals surface area contributed by atoms with Gasteiger partial charge in [-0.2, -0.15) is 23.4 Å². The molecule has 0 radical (unpaired) electrons. The first-order chi connectivity index (χ1) is 14.5. The van der Waals surface area contributed by atoms with Gasteiger partial charge in [0.25, 0.3) is 0 Å². The van der Waals surface area contributed by atoms with Crippen LogP contribution in [0, 0.1) is 6.92 Å². The molecule has 7 nitrogen and oxygen atoms in total. The molecule has 10 heteroatoms. The van der Waals surface area contributed by atoms with Crippen molar-refractivity contribution in [2.45, 2.75) is 13.1 Å². The molecule has 0 aliphatic rings. The quantitative estimate of drug-likeness (QED) is 0.579. The predicted octanol–water partition coefficient (Wildman–Crippen LogP) is 3.56. The van der Waals surface area contributed by atoms with Crippen molar-refractivity contribution in [1.82, 2.24) is 29.4 Å². The highest BCUT2D eigenvalue weighted by Gasteiger charge is 2.30. The van der Waals surface area contributed by atoms with Crippen LogP contribution in [0.3, 0.4) is 0 Å². The number of hydrogen-bond acceptors (Lipinski definition) is 5. The van der Waals surface area contributed by atoms with Crippen molar-refractivity contribution in [3.05, 3.63) is 48.2 Å². The number of benzene rings is 1. The lowest BCUT2D eigenvalue weighted by Gasteiger charge is -2.10. The van der Waals surface area contributed by atoms with Crippen LogP contribution in [0.5, 0.6) is 0 Å². The monoisotopic (exact) mass is 390 g/mol. The number of hydrogen-bond donors (Lipinski definition) is 1. The Morgan fingerprint density at radius 2 is 1.89 bits per heavy atom. The van der Waals surface area contributed by atoms with E-state index in [4.69, 9.17) is 4.11 Å². The Morgan fingerprint density at radius 3 is 2.54 bits per heavy atom. The molecule has 0 atom stereocenters. The van der Waals surface area contributed by atoms with Crippen LogP contribution in [0.1, 0.15) is 15.5 Å². The molecule has 0 saturated carbocycles. The largest absolute Gasteiger partial charge is 0.416 e. The Hall–Kier alpha value is -3.43. The maximum Gasteiger partial charge on any atom is 0.416 e. The van der Waals surface area contributed by atoms with E-state index in [0.29, 0.717) is 28.4 Å². The van der Waals surface area contributed by atoms with Crippen LogP contribution < -0.4 is 5.32 Å². The summed E-state index contributed by atoms with van der Waals surface area (Å²) in [4.78, 5) is 8.69. The highest BCUT2D eigenvalue weighted by molar-refractivity contribution is 5.91. The summed E-state index contributed by atoms with van der Waals surface area (Å²) >= 11 is 0. The van der Waals surface area contributed by atoms with Crippen molar-refractivity contribution in [3.8, 4) is 22.5 Å². The molecule has 4 rings (SSSR count). The molecule has 0 amide bonds. The smallest absolute Gasteiger partial charge is 0.371 e. The van der Waals surface area contributed by atoms with Gasteiger partial charge < -0.3 is 5.32 Å². The number of aromatic nitrogens is 6. The topological polar surface area (TPSA) is 72.9 Å². The van der Waals surface area contributed by atoms with Crippen molar-refractivity contribution in [3.63, 3.8) is 0 Å². The van der Waals surface area contributed by atoms with Crippen LogP contribution in [0.15, 0.2) is 36.8 Å². The van der Waals surface area contributed by atoms with Crippen LogP contribution in [-0.4, -0.2) is 36.4 Å². The lowest BCUT2D eigenvalue weighted by atomic mass is 10.0. The van der Waals surface area contributed by atoms with Crippen molar-refractivity contribution >= 4 is 11.3 Å². The first kappa shape index (κ1) is 14.6. The minimum absolute atomic E-state index is 0.111. The number of halogens is 3. The summed E-state index contributed by atoms with van der Waals surface area (Å²) in [6, 6.07) is 4.22. The lowest BCUT2D eigenvalue weighted by Crippen LogP contribution is -2.04. The van der Waals surface area contributed by atoms with Gasteiger partial charge in [-0.3, -0.25) is 4.68 Å². The molecule has 0 aliphatic heterocycles. The van der Waals surface area contributed by atoms with Crippen molar-refractivity contribution in [2.24, 2.45) is 6.98 Å². The van der Waals surface area contributed by atoms with E-state index in [1.165, 1.54) is 29.2 Å². The Morgan fingerprint density at radius 1 is 1.14 bits per heavy atom. The first-order valence-corrected chi connectivity index (χ1v) is 8.17. The number of anilines is 1. The summed E-state index contributed by atoms with van der Waals surface area (Å²) < 4.78 is 64.8. The Kier molecular flexibility index (Phi) is 3.30. The number of aryl methyl sites for hydroxylation is 2. The van der Waals surface area contributed by atoms with E-state index in [1.54, 1.807) is 14.0 Å². The van der Waals surface area contributed by atoms with Gasteiger partial charge in [-0.25, -0.2) is 14.5 Å². The molecule has 0 spiro atoms. The van der Waals surface area contributed by atoms with E-state index in [0.717, 1.165) is 16.8 Å². The molecule has 3 heterocycles. The molecular formula is C18H16F3N7. The van der Waals surface area contributed by atoms with E-state index < -0.39 is 18.7 Å². The second-order valence-electron chi connectivity index (χ2n) is 6.02. The molecular weight excluding hydrogens is 371 g/mol. The van der Waals surface area contributed by atoms with Gasteiger partial charge in [0.05, 0.1) is 17.5 Å². The van der Waals surface area contributed by atoms with Gasteiger partial charge in [-0.15, -0.1) is 0 Å². The third-order valence-electron chi connectivity index (χ3n) is 4.34. The maximum atomic E-state index is 13.0. The van der Waals surface area contributed by atoms with Crippen molar-refractivity contribution < 1.29 is 17.3 Å². The van der Waals surface area contributed by atoms with Gasteiger partial charge in [0.2, 0.25) is 0 Å². The third kappa shape index (κ3) is 2.77. The zero-order valence-electron chi connectivity index (χ0n) is 17.8. The highest BCUT2D eigenvalue weighted by atomic mass is 19.4. The fraction of sp³-hybridized carbons (Fsp3) is 0.222. The number of alkyl halides is 3. The lowest BCUT2D eigenvalue weighted by molar-refractivity contribution is -0.137. The highest BCUT2D eigenvalue weighted by Crippen LogP contribution is 2.37. The summed E-state index contributed by atoms with van der Waals surface area (Å²) in [5, 5.41) is 11.1. The van der Waals surface area contributed by atoms with E-state index >= 15 is 0 Å². The van der Waals surface area contributed by atoms with Crippen LogP contribution in [0.4, 0.5) is 19.0 Å². The summed E-state index contributed by atoms with van der Waals surface area (Å²) in [7, 11) is 1.66. The van der Waals surface area contributed by atoms with Gasteiger partial charge in [-0.05, 0) is 19.1 Å². The summed E-state index contributed by atoms with van der Waals surface area (Å²) in [6.45, 7) is -0.946. The van der Waals surface area contributed by atoms with Gasteiger partial charge in [-0.1, -0.05) is 12.1 Å². The number of imidazole rings is 1. The average Bonchev–Trinajstić information content (AvgIpc) is 3.29. The van der Waals surface area contributed by atoms with Crippen molar-refractivity contribution in [2.75, 3.05) is 12.4 Å². The normalized spacial score (nSPS) is 14.0. The van der Waals surface area contributed by atoms with Gasteiger partial charge in [0, 0.05) is 29.3 Å². The van der Waals surface area contributed by atoms with Gasteiger partial charge in [0.15, 0.2) is 5.82 Å². The molecule has 28 heavy (non-hydrogen) atoms. The van der Waals surface area contributed by atoms with Crippen LogP contribution in [-0.2, 0) is 13.2 Å².